The Bertz CT molecular complexity index is 832. The molecule has 5 nitrogen and oxygen atoms in total. The van der Waals surface area contributed by atoms with E-state index in [1.165, 1.54) is 17.1 Å². The number of hydrogen-bond acceptors (Lipinski definition) is 4. The second kappa shape index (κ2) is 5.05. The Kier molecular flexibility index (Phi) is 3.31. The number of aryl methyl sites for hydroxylation is 1. The second-order valence-electron chi connectivity index (χ2n) is 6.24. The fraction of sp³-hybridized carbons (Fsp3) is 0.312. The van der Waals surface area contributed by atoms with Crippen molar-refractivity contribution in [3.8, 4) is 5.69 Å². The first kappa shape index (κ1) is 14.4. The first-order chi connectivity index (χ1) is 10.4. The minimum absolute atomic E-state index is 0.145. The van der Waals surface area contributed by atoms with E-state index in [-0.39, 0.29) is 11.4 Å². The largest absolute Gasteiger partial charge is 0.365 e. The van der Waals surface area contributed by atoms with Crippen molar-refractivity contribution in [2.45, 2.75) is 33.2 Å². The van der Waals surface area contributed by atoms with Crippen LogP contribution in [0.15, 0.2) is 30.6 Å². The smallest absolute Gasteiger partial charge is 0.168 e. The summed E-state index contributed by atoms with van der Waals surface area (Å²) in [5.41, 5.74) is 1.57. The molecule has 2 aromatic heterocycles. The standard InChI is InChI=1S/C16H18FN5/c1-10-13-14(20-16(2,3)4)18-9-19-15(13)22(21-10)12-8-6-5-7-11(12)17/h5-9H,1-4H3,(H,18,19,20). The molecule has 0 aliphatic heterocycles. The lowest BCUT2D eigenvalue weighted by Gasteiger charge is -2.21. The lowest BCUT2D eigenvalue weighted by atomic mass is 10.1. The van der Waals surface area contributed by atoms with Crippen LogP contribution < -0.4 is 5.32 Å². The maximum Gasteiger partial charge on any atom is 0.168 e. The van der Waals surface area contributed by atoms with E-state index in [0.29, 0.717) is 17.2 Å². The van der Waals surface area contributed by atoms with Gasteiger partial charge >= 0.3 is 0 Å². The van der Waals surface area contributed by atoms with Crippen molar-refractivity contribution in [2.75, 3.05) is 5.32 Å². The SMILES string of the molecule is Cc1nn(-c2ccccc2F)c2ncnc(NC(C)(C)C)c12. The van der Waals surface area contributed by atoms with E-state index >= 15 is 0 Å². The zero-order valence-corrected chi connectivity index (χ0v) is 13.1. The Labute approximate surface area is 128 Å². The highest BCUT2D eigenvalue weighted by atomic mass is 19.1. The summed E-state index contributed by atoms with van der Waals surface area (Å²) in [5, 5.41) is 8.60. The molecular formula is C16H18FN5. The van der Waals surface area contributed by atoms with Gasteiger partial charge in [0.2, 0.25) is 0 Å². The average Bonchev–Trinajstić information content (AvgIpc) is 2.76. The summed E-state index contributed by atoms with van der Waals surface area (Å²) in [6, 6.07) is 6.52. The van der Waals surface area contributed by atoms with Gasteiger partial charge in [0.25, 0.3) is 0 Å². The van der Waals surface area contributed by atoms with Crippen molar-refractivity contribution in [3.63, 3.8) is 0 Å². The Morgan fingerprint density at radius 1 is 1.14 bits per heavy atom. The van der Waals surface area contributed by atoms with Crippen molar-refractivity contribution in [1.82, 2.24) is 19.7 Å². The molecule has 0 aliphatic carbocycles. The molecule has 0 saturated heterocycles. The molecule has 0 atom stereocenters. The molecule has 6 heteroatoms. The van der Waals surface area contributed by atoms with Crippen molar-refractivity contribution < 1.29 is 4.39 Å². The maximum absolute atomic E-state index is 14.1. The third kappa shape index (κ3) is 2.52. The van der Waals surface area contributed by atoms with Crippen molar-refractivity contribution in [2.24, 2.45) is 0 Å². The first-order valence-corrected chi connectivity index (χ1v) is 7.10. The van der Waals surface area contributed by atoms with E-state index < -0.39 is 0 Å². The van der Waals surface area contributed by atoms with Gasteiger partial charge < -0.3 is 5.32 Å². The summed E-state index contributed by atoms with van der Waals surface area (Å²) in [4.78, 5) is 8.61. The van der Waals surface area contributed by atoms with Crippen molar-refractivity contribution >= 4 is 16.9 Å². The van der Waals surface area contributed by atoms with Crippen LogP contribution in [0, 0.1) is 12.7 Å². The van der Waals surface area contributed by atoms with Gasteiger partial charge in [-0.25, -0.2) is 19.0 Å². The number of halogens is 1. The quantitative estimate of drug-likeness (QED) is 0.787. The maximum atomic E-state index is 14.1. The molecule has 0 unspecified atom stereocenters. The minimum Gasteiger partial charge on any atom is -0.365 e. The molecule has 114 valence electrons. The van der Waals surface area contributed by atoms with Gasteiger partial charge in [-0.05, 0) is 39.8 Å². The van der Waals surface area contributed by atoms with Crippen LogP contribution in [0.4, 0.5) is 10.2 Å². The number of aromatic nitrogens is 4. The third-order valence-electron chi connectivity index (χ3n) is 3.21. The Morgan fingerprint density at radius 2 is 1.86 bits per heavy atom. The number of hydrogen-bond donors (Lipinski definition) is 1. The Hall–Kier alpha value is -2.50. The van der Waals surface area contributed by atoms with Crippen LogP contribution in [0.3, 0.4) is 0 Å². The molecule has 1 aromatic carbocycles. The number of nitrogens with one attached hydrogen (secondary N) is 1. The molecule has 1 N–H and O–H groups in total. The van der Waals surface area contributed by atoms with Crippen LogP contribution >= 0.6 is 0 Å². The van der Waals surface area contributed by atoms with Crippen LogP contribution in [0.1, 0.15) is 26.5 Å². The van der Waals surface area contributed by atoms with E-state index in [9.17, 15) is 4.39 Å². The molecule has 0 bridgehead atoms. The van der Waals surface area contributed by atoms with Crippen LogP contribution in [-0.4, -0.2) is 25.3 Å². The number of benzene rings is 1. The van der Waals surface area contributed by atoms with Crippen molar-refractivity contribution in [3.05, 3.63) is 42.1 Å². The zero-order valence-electron chi connectivity index (χ0n) is 13.1. The molecular weight excluding hydrogens is 281 g/mol. The summed E-state index contributed by atoms with van der Waals surface area (Å²) in [6.45, 7) is 8.03. The molecule has 0 fully saturated rings. The van der Waals surface area contributed by atoms with Crippen LogP contribution in [-0.2, 0) is 0 Å². The van der Waals surface area contributed by atoms with E-state index in [4.69, 9.17) is 0 Å². The molecule has 3 aromatic rings. The number of fused-ring (bicyclic) bond motifs is 1. The minimum atomic E-state index is -0.337. The molecule has 0 saturated carbocycles. The number of rotatable bonds is 2. The lowest BCUT2D eigenvalue weighted by Crippen LogP contribution is -2.26. The zero-order chi connectivity index (χ0) is 15.9. The predicted molar refractivity (Wildman–Crippen MR) is 84.7 cm³/mol. The van der Waals surface area contributed by atoms with E-state index in [0.717, 1.165) is 11.1 Å². The summed E-state index contributed by atoms with van der Waals surface area (Å²) in [5.74, 6) is 0.369. The normalized spacial score (nSPS) is 11.9. The number of nitrogens with zero attached hydrogens (tertiary/aromatic N) is 4. The molecule has 0 amide bonds. The number of para-hydroxylation sites is 1. The van der Waals surface area contributed by atoms with Crippen LogP contribution in [0.2, 0.25) is 0 Å². The van der Waals surface area contributed by atoms with Crippen molar-refractivity contribution in [1.29, 1.82) is 0 Å². The predicted octanol–water partition coefficient (Wildman–Crippen LogP) is 3.47. The van der Waals surface area contributed by atoms with Gasteiger partial charge in [-0.15, -0.1) is 0 Å². The lowest BCUT2D eigenvalue weighted by molar-refractivity contribution is 0.612. The molecule has 0 radical (unpaired) electrons. The fourth-order valence-electron chi connectivity index (χ4n) is 2.36. The number of anilines is 1. The second-order valence-corrected chi connectivity index (χ2v) is 6.24. The van der Waals surface area contributed by atoms with E-state index in [1.54, 1.807) is 18.2 Å². The van der Waals surface area contributed by atoms with Gasteiger partial charge in [0.1, 0.15) is 23.6 Å². The van der Waals surface area contributed by atoms with Gasteiger partial charge in [-0.2, -0.15) is 5.10 Å². The van der Waals surface area contributed by atoms with Gasteiger partial charge in [0.05, 0.1) is 11.1 Å². The summed E-state index contributed by atoms with van der Waals surface area (Å²) < 4.78 is 15.6. The molecule has 0 spiro atoms. The first-order valence-electron chi connectivity index (χ1n) is 7.10. The highest BCUT2D eigenvalue weighted by Crippen LogP contribution is 2.27. The topological polar surface area (TPSA) is 55.6 Å². The van der Waals surface area contributed by atoms with Gasteiger partial charge in [0, 0.05) is 5.54 Å². The average molecular weight is 299 g/mol. The highest BCUT2D eigenvalue weighted by Gasteiger charge is 2.19. The van der Waals surface area contributed by atoms with Gasteiger partial charge in [-0.3, -0.25) is 0 Å². The van der Waals surface area contributed by atoms with E-state index in [1.807, 2.05) is 6.92 Å². The third-order valence-corrected chi connectivity index (χ3v) is 3.21. The highest BCUT2D eigenvalue weighted by molar-refractivity contribution is 5.90. The molecule has 2 heterocycles. The molecule has 0 aliphatic rings. The molecule has 22 heavy (non-hydrogen) atoms. The summed E-state index contributed by atoms with van der Waals surface area (Å²) in [6.07, 6.45) is 1.47. The Morgan fingerprint density at radius 3 is 2.55 bits per heavy atom. The van der Waals surface area contributed by atoms with E-state index in [2.05, 4.69) is 41.2 Å². The summed E-state index contributed by atoms with van der Waals surface area (Å²) >= 11 is 0. The van der Waals surface area contributed by atoms with Crippen LogP contribution in [0.5, 0.6) is 0 Å². The summed E-state index contributed by atoms with van der Waals surface area (Å²) in [7, 11) is 0. The van der Waals surface area contributed by atoms with Gasteiger partial charge in [-0.1, -0.05) is 12.1 Å². The van der Waals surface area contributed by atoms with Crippen LogP contribution in [0.25, 0.3) is 16.7 Å². The monoisotopic (exact) mass is 299 g/mol. The van der Waals surface area contributed by atoms with Gasteiger partial charge in [0.15, 0.2) is 5.65 Å². The molecule has 3 rings (SSSR count). The Balaban J connectivity index is 2.24. The fourth-order valence-corrected chi connectivity index (χ4v) is 2.36.